The molecule has 0 aromatic heterocycles. The first-order valence-corrected chi connectivity index (χ1v) is 8.07. The standard InChI is InChI=1S/C16H23NOS/c1-13-7-9-15(10-8-13)19-14(2)16(18)17-11-5-3-4-6-12-17/h7-10,14H,3-6,11-12H2,1-2H3/t14-/m1/s1. The normalized spacial score (nSPS) is 17.9. The van der Waals surface area contributed by atoms with E-state index in [0.717, 1.165) is 25.9 Å². The van der Waals surface area contributed by atoms with E-state index >= 15 is 0 Å². The van der Waals surface area contributed by atoms with Crippen molar-refractivity contribution in [2.24, 2.45) is 0 Å². The Morgan fingerprint density at radius 1 is 1.11 bits per heavy atom. The van der Waals surface area contributed by atoms with E-state index in [-0.39, 0.29) is 5.25 Å². The first kappa shape index (κ1) is 14.4. The number of hydrogen-bond acceptors (Lipinski definition) is 2. The fraction of sp³-hybridized carbons (Fsp3) is 0.562. The summed E-state index contributed by atoms with van der Waals surface area (Å²) in [5, 5.41) is 0.0146. The predicted octanol–water partition coefficient (Wildman–Crippen LogP) is 3.88. The molecule has 1 heterocycles. The minimum absolute atomic E-state index is 0.0146. The smallest absolute Gasteiger partial charge is 0.235 e. The van der Waals surface area contributed by atoms with E-state index in [0.29, 0.717) is 5.91 Å². The number of carbonyl (C=O) groups excluding carboxylic acids is 1. The molecule has 19 heavy (non-hydrogen) atoms. The summed E-state index contributed by atoms with van der Waals surface area (Å²) in [6.07, 6.45) is 4.86. The van der Waals surface area contributed by atoms with Crippen LogP contribution in [0.2, 0.25) is 0 Å². The van der Waals surface area contributed by atoms with Crippen molar-refractivity contribution >= 4 is 17.7 Å². The lowest BCUT2D eigenvalue weighted by Crippen LogP contribution is -2.37. The van der Waals surface area contributed by atoms with Crippen molar-refractivity contribution in [3.8, 4) is 0 Å². The Kier molecular flexibility index (Phi) is 5.32. The van der Waals surface area contributed by atoms with Crippen LogP contribution < -0.4 is 0 Å². The van der Waals surface area contributed by atoms with Crippen LogP contribution in [0.15, 0.2) is 29.2 Å². The highest BCUT2D eigenvalue weighted by atomic mass is 32.2. The number of nitrogens with zero attached hydrogens (tertiary/aromatic N) is 1. The van der Waals surface area contributed by atoms with Crippen LogP contribution in [0, 0.1) is 6.92 Å². The van der Waals surface area contributed by atoms with Crippen molar-refractivity contribution in [1.82, 2.24) is 4.90 Å². The lowest BCUT2D eigenvalue weighted by Gasteiger charge is -2.23. The Morgan fingerprint density at radius 3 is 2.26 bits per heavy atom. The number of carbonyl (C=O) groups is 1. The minimum Gasteiger partial charge on any atom is -0.342 e. The summed E-state index contributed by atoms with van der Waals surface area (Å²) >= 11 is 1.67. The molecule has 1 amide bonds. The summed E-state index contributed by atoms with van der Waals surface area (Å²) in [7, 11) is 0. The first-order valence-electron chi connectivity index (χ1n) is 7.19. The number of thioether (sulfide) groups is 1. The minimum atomic E-state index is 0.0146. The maximum Gasteiger partial charge on any atom is 0.235 e. The highest BCUT2D eigenvalue weighted by Crippen LogP contribution is 2.25. The SMILES string of the molecule is Cc1ccc(S[C@H](C)C(=O)N2CCCCCC2)cc1. The van der Waals surface area contributed by atoms with E-state index in [1.165, 1.54) is 23.3 Å². The van der Waals surface area contributed by atoms with Crippen LogP contribution in [0.3, 0.4) is 0 Å². The van der Waals surface area contributed by atoms with Crippen LogP contribution in [0.1, 0.15) is 38.2 Å². The molecular formula is C16H23NOS. The number of amides is 1. The highest BCUT2D eigenvalue weighted by Gasteiger charge is 2.22. The zero-order valence-electron chi connectivity index (χ0n) is 11.9. The zero-order chi connectivity index (χ0) is 13.7. The third kappa shape index (κ3) is 4.27. The van der Waals surface area contributed by atoms with Gasteiger partial charge in [0.05, 0.1) is 5.25 Å². The molecule has 0 bridgehead atoms. The molecule has 0 aliphatic carbocycles. The summed E-state index contributed by atoms with van der Waals surface area (Å²) < 4.78 is 0. The molecule has 0 saturated carbocycles. The summed E-state index contributed by atoms with van der Waals surface area (Å²) in [6, 6.07) is 8.41. The van der Waals surface area contributed by atoms with E-state index in [1.807, 2.05) is 6.92 Å². The largest absolute Gasteiger partial charge is 0.342 e. The first-order chi connectivity index (χ1) is 9.16. The van der Waals surface area contributed by atoms with Crippen LogP contribution in [0.5, 0.6) is 0 Å². The monoisotopic (exact) mass is 277 g/mol. The van der Waals surface area contributed by atoms with Crippen molar-refractivity contribution in [3.05, 3.63) is 29.8 Å². The van der Waals surface area contributed by atoms with Crippen LogP contribution in [0.25, 0.3) is 0 Å². The van der Waals surface area contributed by atoms with Gasteiger partial charge in [0.15, 0.2) is 0 Å². The van der Waals surface area contributed by atoms with Gasteiger partial charge in [0, 0.05) is 18.0 Å². The zero-order valence-corrected chi connectivity index (χ0v) is 12.7. The number of rotatable bonds is 3. The van der Waals surface area contributed by atoms with Crippen molar-refractivity contribution < 1.29 is 4.79 Å². The topological polar surface area (TPSA) is 20.3 Å². The number of benzene rings is 1. The maximum absolute atomic E-state index is 12.4. The number of hydrogen-bond donors (Lipinski definition) is 0. The molecule has 1 atom stereocenters. The molecule has 2 rings (SSSR count). The molecular weight excluding hydrogens is 254 g/mol. The van der Waals surface area contributed by atoms with Gasteiger partial charge in [0.25, 0.3) is 0 Å². The Balaban J connectivity index is 1.92. The molecule has 1 aromatic rings. The quantitative estimate of drug-likeness (QED) is 0.782. The van der Waals surface area contributed by atoms with Gasteiger partial charge in [0.2, 0.25) is 5.91 Å². The molecule has 1 fully saturated rings. The van der Waals surface area contributed by atoms with Gasteiger partial charge >= 0.3 is 0 Å². The van der Waals surface area contributed by atoms with Crippen molar-refractivity contribution in [1.29, 1.82) is 0 Å². The van der Waals surface area contributed by atoms with Gasteiger partial charge in [-0.3, -0.25) is 4.79 Å². The third-order valence-corrected chi connectivity index (χ3v) is 4.70. The average molecular weight is 277 g/mol. The Morgan fingerprint density at radius 2 is 1.68 bits per heavy atom. The van der Waals surface area contributed by atoms with Gasteiger partial charge in [-0.05, 0) is 38.8 Å². The fourth-order valence-electron chi connectivity index (χ4n) is 2.42. The van der Waals surface area contributed by atoms with Crippen LogP contribution in [0.4, 0.5) is 0 Å². The molecule has 1 aliphatic heterocycles. The molecule has 1 saturated heterocycles. The van der Waals surface area contributed by atoms with Crippen LogP contribution >= 0.6 is 11.8 Å². The van der Waals surface area contributed by atoms with Crippen molar-refractivity contribution in [3.63, 3.8) is 0 Å². The molecule has 104 valence electrons. The Hall–Kier alpha value is -0.960. The second kappa shape index (κ2) is 6.99. The van der Waals surface area contributed by atoms with E-state index in [9.17, 15) is 4.79 Å². The molecule has 0 unspecified atom stereocenters. The van der Waals surface area contributed by atoms with Crippen LogP contribution in [-0.4, -0.2) is 29.1 Å². The Bertz CT molecular complexity index is 407. The molecule has 2 nitrogen and oxygen atoms in total. The summed E-state index contributed by atoms with van der Waals surface area (Å²) in [5.41, 5.74) is 1.26. The highest BCUT2D eigenvalue weighted by molar-refractivity contribution is 8.00. The molecule has 0 N–H and O–H groups in total. The molecule has 0 radical (unpaired) electrons. The number of likely N-dealkylation sites (tertiary alicyclic amines) is 1. The van der Waals surface area contributed by atoms with Gasteiger partial charge in [0.1, 0.15) is 0 Å². The van der Waals surface area contributed by atoms with Gasteiger partial charge in [-0.25, -0.2) is 0 Å². The summed E-state index contributed by atoms with van der Waals surface area (Å²) in [6.45, 7) is 5.99. The third-order valence-electron chi connectivity index (χ3n) is 3.60. The maximum atomic E-state index is 12.4. The molecule has 0 spiro atoms. The summed E-state index contributed by atoms with van der Waals surface area (Å²) in [4.78, 5) is 15.7. The lowest BCUT2D eigenvalue weighted by molar-refractivity contribution is -0.130. The average Bonchev–Trinajstić information content (AvgIpc) is 2.69. The van der Waals surface area contributed by atoms with E-state index in [2.05, 4.69) is 36.1 Å². The second-order valence-electron chi connectivity index (χ2n) is 5.31. The molecule has 3 heteroatoms. The number of aryl methyl sites for hydroxylation is 1. The van der Waals surface area contributed by atoms with Gasteiger partial charge in [-0.1, -0.05) is 30.5 Å². The van der Waals surface area contributed by atoms with E-state index < -0.39 is 0 Å². The Labute approximate surface area is 120 Å². The molecule has 1 aromatic carbocycles. The van der Waals surface area contributed by atoms with Gasteiger partial charge < -0.3 is 4.90 Å². The van der Waals surface area contributed by atoms with E-state index in [4.69, 9.17) is 0 Å². The van der Waals surface area contributed by atoms with Crippen molar-refractivity contribution in [2.75, 3.05) is 13.1 Å². The fourth-order valence-corrected chi connectivity index (χ4v) is 3.37. The van der Waals surface area contributed by atoms with E-state index in [1.54, 1.807) is 11.8 Å². The van der Waals surface area contributed by atoms with Crippen LogP contribution in [-0.2, 0) is 4.79 Å². The summed E-state index contributed by atoms with van der Waals surface area (Å²) in [5.74, 6) is 0.299. The van der Waals surface area contributed by atoms with Gasteiger partial charge in [-0.15, -0.1) is 11.8 Å². The molecule has 1 aliphatic rings. The lowest BCUT2D eigenvalue weighted by atomic mass is 10.2. The second-order valence-corrected chi connectivity index (χ2v) is 6.73. The van der Waals surface area contributed by atoms with Crippen molar-refractivity contribution in [2.45, 2.75) is 49.7 Å². The predicted molar refractivity (Wildman–Crippen MR) is 81.5 cm³/mol. The van der Waals surface area contributed by atoms with Gasteiger partial charge in [-0.2, -0.15) is 0 Å².